The first kappa shape index (κ1) is 21.2. The molecular weight excluding hydrogens is 410 g/mol. The molecule has 2 aromatic heterocycles. The van der Waals surface area contributed by atoms with Crippen LogP contribution in [0.3, 0.4) is 0 Å². The predicted octanol–water partition coefficient (Wildman–Crippen LogP) is 3.88. The Bertz CT molecular complexity index is 1260. The summed E-state index contributed by atoms with van der Waals surface area (Å²) >= 11 is 0. The van der Waals surface area contributed by atoms with Crippen LogP contribution in [-0.4, -0.2) is 35.8 Å². The molecule has 4 rings (SSSR count). The van der Waals surface area contributed by atoms with Crippen LogP contribution in [0, 0.1) is 23.0 Å². The van der Waals surface area contributed by atoms with Gasteiger partial charge in [0.25, 0.3) is 11.6 Å². The molecule has 0 fully saturated rings. The Kier molecular flexibility index (Phi) is 5.67. The molecule has 0 bridgehead atoms. The molecule has 2 aromatic carbocycles. The van der Waals surface area contributed by atoms with E-state index in [9.17, 15) is 14.9 Å². The van der Waals surface area contributed by atoms with E-state index in [1.807, 2.05) is 31.2 Å². The summed E-state index contributed by atoms with van der Waals surface area (Å²) < 4.78 is 1.42. The molecule has 10 heteroatoms. The van der Waals surface area contributed by atoms with E-state index < -0.39 is 4.92 Å². The summed E-state index contributed by atoms with van der Waals surface area (Å²) in [5.41, 5.74) is 2.76. The molecule has 1 amide bonds. The maximum Gasteiger partial charge on any atom is 0.274 e. The Morgan fingerprint density at radius 2 is 2.03 bits per heavy atom. The van der Waals surface area contributed by atoms with Crippen LogP contribution in [0.25, 0.3) is 16.7 Å². The topological polar surface area (TPSA) is 132 Å². The monoisotopic (exact) mass is 433 g/mol. The zero-order chi connectivity index (χ0) is 22.8. The van der Waals surface area contributed by atoms with Gasteiger partial charge in [0.2, 0.25) is 0 Å². The fourth-order valence-electron chi connectivity index (χ4n) is 3.57. The van der Waals surface area contributed by atoms with Gasteiger partial charge in [-0.15, -0.1) is 5.10 Å². The number of aromatic amines is 1. The number of nitrogens with zero attached hydrogens (tertiary/aromatic N) is 5. The van der Waals surface area contributed by atoms with Crippen LogP contribution in [0.4, 0.5) is 5.69 Å². The van der Waals surface area contributed by atoms with Crippen molar-refractivity contribution in [3.63, 3.8) is 0 Å². The van der Waals surface area contributed by atoms with Crippen molar-refractivity contribution >= 4 is 22.6 Å². The number of para-hydroxylation sites is 2. The number of benzene rings is 2. The van der Waals surface area contributed by atoms with Gasteiger partial charge < -0.3 is 10.3 Å². The second-order valence-electron chi connectivity index (χ2n) is 7.69. The van der Waals surface area contributed by atoms with E-state index >= 15 is 0 Å². The van der Waals surface area contributed by atoms with Crippen LogP contribution in [0.1, 0.15) is 48.3 Å². The third kappa shape index (κ3) is 3.94. The molecule has 2 atom stereocenters. The Hall–Kier alpha value is -4.08. The summed E-state index contributed by atoms with van der Waals surface area (Å²) in [7, 11) is 0. The number of fused-ring (bicyclic) bond motifs is 1. The number of carbonyl (C=O) groups is 1. The number of hydrogen-bond acceptors (Lipinski definition) is 6. The van der Waals surface area contributed by atoms with E-state index in [2.05, 4.69) is 32.5 Å². The normalized spacial score (nSPS) is 13.1. The summed E-state index contributed by atoms with van der Waals surface area (Å²) in [6.07, 6.45) is 0.835. The lowest BCUT2D eigenvalue weighted by Crippen LogP contribution is -2.34. The molecule has 164 valence electrons. The Morgan fingerprint density at radius 1 is 1.25 bits per heavy atom. The molecule has 0 radical (unpaired) electrons. The van der Waals surface area contributed by atoms with Gasteiger partial charge in [-0.05, 0) is 31.0 Å². The highest BCUT2D eigenvalue weighted by Crippen LogP contribution is 2.25. The van der Waals surface area contributed by atoms with Crippen LogP contribution in [-0.2, 0) is 0 Å². The molecule has 2 N–H and O–H groups in total. The number of aromatic nitrogens is 5. The van der Waals surface area contributed by atoms with Gasteiger partial charge in [-0.1, -0.05) is 43.7 Å². The van der Waals surface area contributed by atoms with Gasteiger partial charge in [-0.2, -0.15) is 0 Å². The van der Waals surface area contributed by atoms with Crippen molar-refractivity contribution in [2.75, 3.05) is 0 Å². The quantitative estimate of drug-likeness (QED) is 0.336. The fourth-order valence-corrected chi connectivity index (χ4v) is 3.57. The molecule has 2 heterocycles. The minimum atomic E-state index is -0.479. The number of nitro groups is 1. The van der Waals surface area contributed by atoms with Crippen LogP contribution in [0.5, 0.6) is 0 Å². The number of hydrogen-bond donors (Lipinski definition) is 2. The summed E-state index contributed by atoms with van der Waals surface area (Å²) in [6.45, 7) is 5.80. The SMILES string of the molecule is CCC(C)C(NC(=O)c1nnn(-c2cccc([N+](=O)[O-])c2)c1C)c1nc2ccccc2[nH]1. The maximum atomic E-state index is 13.1. The Morgan fingerprint density at radius 3 is 2.75 bits per heavy atom. The average molecular weight is 433 g/mol. The third-order valence-corrected chi connectivity index (χ3v) is 5.60. The minimum absolute atomic E-state index is 0.0647. The van der Waals surface area contributed by atoms with Gasteiger partial charge in [0.05, 0.1) is 33.4 Å². The molecule has 32 heavy (non-hydrogen) atoms. The van der Waals surface area contributed by atoms with Crippen molar-refractivity contribution in [3.8, 4) is 5.69 Å². The molecule has 2 unspecified atom stereocenters. The molecule has 0 aliphatic carbocycles. The fraction of sp³-hybridized carbons (Fsp3) is 0.273. The molecule has 10 nitrogen and oxygen atoms in total. The third-order valence-electron chi connectivity index (χ3n) is 5.60. The van der Waals surface area contributed by atoms with Crippen molar-refractivity contribution in [2.24, 2.45) is 5.92 Å². The lowest BCUT2D eigenvalue weighted by molar-refractivity contribution is -0.384. The molecular formula is C22H23N7O3. The van der Waals surface area contributed by atoms with E-state index in [1.165, 1.54) is 16.8 Å². The molecule has 0 aliphatic heterocycles. The van der Waals surface area contributed by atoms with E-state index in [-0.39, 0.29) is 29.2 Å². The van der Waals surface area contributed by atoms with E-state index in [4.69, 9.17) is 0 Å². The van der Waals surface area contributed by atoms with Crippen molar-refractivity contribution in [2.45, 2.75) is 33.2 Å². The first-order valence-electron chi connectivity index (χ1n) is 10.3. The second kappa shape index (κ2) is 8.58. The average Bonchev–Trinajstić information content (AvgIpc) is 3.40. The molecule has 0 saturated heterocycles. The maximum absolute atomic E-state index is 13.1. The molecule has 0 saturated carbocycles. The van der Waals surface area contributed by atoms with Crippen molar-refractivity contribution < 1.29 is 9.72 Å². The molecule has 0 spiro atoms. The zero-order valence-corrected chi connectivity index (χ0v) is 17.9. The number of nitro benzene ring substituents is 1. The highest BCUT2D eigenvalue weighted by Gasteiger charge is 2.27. The Balaban J connectivity index is 1.63. The summed E-state index contributed by atoms with van der Waals surface area (Å²) in [4.78, 5) is 31.7. The van der Waals surface area contributed by atoms with Gasteiger partial charge in [-0.25, -0.2) is 9.67 Å². The smallest absolute Gasteiger partial charge is 0.274 e. The first-order chi connectivity index (χ1) is 15.4. The highest BCUT2D eigenvalue weighted by molar-refractivity contribution is 5.93. The van der Waals surface area contributed by atoms with Gasteiger partial charge in [0.15, 0.2) is 5.69 Å². The number of carbonyl (C=O) groups excluding carboxylic acids is 1. The second-order valence-corrected chi connectivity index (χ2v) is 7.69. The van der Waals surface area contributed by atoms with Gasteiger partial charge >= 0.3 is 0 Å². The number of imidazole rings is 1. The van der Waals surface area contributed by atoms with Crippen molar-refractivity contribution in [3.05, 3.63) is 75.9 Å². The number of H-pyrrole nitrogens is 1. The van der Waals surface area contributed by atoms with Crippen molar-refractivity contribution in [1.82, 2.24) is 30.3 Å². The predicted molar refractivity (Wildman–Crippen MR) is 119 cm³/mol. The van der Waals surface area contributed by atoms with Crippen LogP contribution < -0.4 is 5.32 Å². The standard InChI is InChI=1S/C22H23N7O3/c1-4-13(2)19(21-23-17-10-5-6-11-18(17)24-21)25-22(30)20-14(3)28(27-26-20)15-8-7-9-16(12-15)29(31)32/h5-13,19H,4H2,1-3H3,(H,23,24)(H,25,30). The van der Waals surface area contributed by atoms with Crippen LogP contribution in [0.15, 0.2) is 48.5 Å². The Labute approximate surface area is 183 Å². The number of nitrogens with one attached hydrogen (secondary N) is 2. The molecule has 4 aromatic rings. The van der Waals surface area contributed by atoms with Crippen LogP contribution in [0.2, 0.25) is 0 Å². The van der Waals surface area contributed by atoms with Gasteiger partial charge in [0, 0.05) is 12.1 Å². The minimum Gasteiger partial charge on any atom is -0.340 e. The summed E-state index contributed by atoms with van der Waals surface area (Å²) in [5, 5.41) is 22.2. The van der Waals surface area contributed by atoms with E-state index in [0.717, 1.165) is 17.5 Å². The van der Waals surface area contributed by atoms with Crippen molar-refractivity contribution in [1.29, 1.82) is 0 Å². The summed E-state index contributed by atoms with van der Waals surface area (Å²) in [6, 6.07) is 13.4. The first-order valence-corrected chi connectivity index (χ1v) is 10.3. The molecule has 0 aliphatic rings. The zero-order valence-electron chi connectivity index (χ0n) is 17.9. The highest BCUT2D eigenvalue weighted by atomic mass is 16.6. The number of amides is 1. The van der Waals surface area contributed by atoms with Gasteiger partial charge in [-0.3, -0.25) is 14.9 Å². The number of rotatable bonds is 7. The summed E-state index contributed by atoms with van der Waals surface area (Å²) in [5.74, 6) is 0.411. The van der Waals surface area contributed by atoms with Crippen LogP contribution >= 0.6 is 0 Å². The lowest BCUT2D eigenvalue weighted by Gasteiger charge is -2.22. The number of non-ortho nitro benzene ring substituents is 1. The largest absolute Gasteiger partial charge is 0.340 e. The lowest BCUT2D eigenvalue weighted by atomic mass is 9.98. The van der Waals surface area contributed by atoms with Gasteiger partial charge in [0.1, 0.15) is 5.82 Å². The van der Waals surface area contributed by atoms with E-state index in [1.54, 1.807) is 19.1 Å². The van der Waals surface area contributed by atoms with E-state index in [0.29, 0.717) is 17.2 Å².